The third kappa shape index (κ3) is 3.58. The number of amides is 1. The van der Waals surface area contributed by atoms with E-state index in [4.69, 9.17) is 4.98 Å². The molecule has 0 spiro atoms. The highest BCUT2D eigenvalue weighted by molar-refractivity contribution is 6.00. The summed E-state index contributed by atoms with van der Waals surface area (Å²) in [5, 5.41) is 11.2. The Morgan fingerprint density at radius 1 is 1.12 bits per heavy atom. The Morgan fingerprint density at radius 3 is 2.75 bits per heavy atom. The number of piperidine rings is 1. The number of fused-ring (bicyclic) bond motifs is 2. The molecule has 9 heteroatoms. The first-order valence-corrected chi connectivity index (χ1v) is 11.1. The molecule has 0 saturated carbocycles. The number of carbonyl (C=O) groups is 1. The van der Waals surface area contributed by atoms with Crippen molar-refractivity contribution in [2.75, 3.05) is 39.0 Å². The Labute approximate surface area is 186 Å². The summed E-state index contributed by atoms with van der Waals surface area (Å²) < 4.78 is 3.88. The Kier molecular flexibility index (Phi) is 5.48. The fraction of sp³-hybridized carbons (Fsp3) is 0.391. The van der Waals surface area contributed by atoms with Gasteiger partial charge < -0.3 is 20.1 Å². The first-order valence-electron chi connectivity index (χ1n) is 11.1. The van der Waals surface area contributed by atoms with Gasteiger partial charge in [0.25, 0.3) is 5.91 Å². The molecular formula is C23H28N8O. The number of rotatable bonds is 6. The minimum absolute atomic E-state index is 0.211. The minimum Gasteiger partial charge on any atom is -0.373 e. The summed E-state index contributed by atoms with van der Waals surface area (Å²) >= 11 is 0. The van der Waals surface area contributed by atoms with Crippen molar-refractivity contribution in [1.29, 1.82) is 0 Å². The number of hydrogen-bond donors (Lipinski definition) is 2. The predicted octanol–water partition coefficient (Wildman–Crippen LogP) is 2.63. The van der Waals surface area contributed by atoms with Gasteiger partial charge in [-0.1, -0.05) is 6.42 Å². The molecule has 0 unspecified atom stereocenters. The number of carbonyl (C=O) groups excluding carboxylic acids is 1. The van der Waals surface area contributed by atoms with Crippen LogP contribution in [-0.2, 0) is 6.54 Å². The maximum Gasteiger partial charge on any atom is 0.256 e. The van der Waals surface area contributed by atoms with Crippen LogP contribution in [0, 0.1) is 0 Å². The standard InChI is InChI=1S/C23H28N8O/c1-24-20-13-19(28-22-17(23(32)25-2)14-27-31(20)22)18-15-30(21-16(18)7-6-8-26-21)12-11-29-9-4-3-5-10-29/h6-8,13-15,24H,3-5,9-12H2,1-2H3,(H,25,32). The van der Waals surface area contributed by atoms with Gasteiger partial charge >= 0.3 is 0 Å². The quantitative estimate of drug-likeness (QED) is 0.487. The Morgan fingerprint density at radius 2 is 1.97 bits per heavy atom. The van der Waals surface area contributed by atoms with Gasteiger partial charge in [-0.15, -0.1) is 0 Å². The molecule has 1 fully saturated rings. The average Bonchev–Trinajstić information content (AvgIpc) is 3.44. The van der Waals surface area contributed by atoms with Crippen molar-refractivity contribution >= 4 is 28.4 Å². The van der Waals surface area contributed by atoms with Crippen molar-refractivity contribution in [2.45, 2.75) is 25.8 Å². The average molecular weight is 433 g/mol. The van der Waals surface area contributed by atoms with Gasteiger partial charge in [0.05, 0.1) is 11.9 Å². The lowest BCUT2D eigenvalue weighted by Crippen LogP contribution is -2.32. The van der Waals surface area contributed by atoms with Crippen LogP contribution < -0.4 is 10.6 Å². The number of nitrogens with zero attached hydrogens (tertiary/aromatic N) is 6. The maximum absolute atomic E-state index is 12.3. The zero-order chi connectivity index (χ0) is 22.1. The number of nitrogens with one attached hydrogen (secondary N) is 2. The van der Waals surface area contributed by atoms with E-state index in [1.54, 1.807) is 17.8 Å². The van der Waals surface area contributed by atoms with Crippen LogP contribution in [0.1, 0.15) is 29.6 Å². The van der Waals surface area contributed by atoms with Crippen LogP contribution in [0.5, 0.6) is 0 Å². The van der Waals surface area contributed by atoms with E-state index in [0.717, 1.165) is 41.2 Å². The Balaban J connectivity index is 1.58. The topological polar surface area (TPSA) is 92.4 Å². The Bertz CT molecular complexity index is 1270. The predicted molar refractivity (Wildman–Crippen MR) is 125 cm³/mol. The van der Waals surface area contributed by atoms with Crippen LogP contribution in [0.2, 0.25) is 0 Å². The molecule has 1 aliphatic heterocycles. The molecule has 0 aromatic carbocycles. The van der Waals surface area contributed by atoms with Crippen molar-refractivity contribution in [1.82, 2.24) is 34.4 Å². The first-order chi connectivity index (χ1) is 15.7. The van der Waals surface area contributed by atoms with Crippen molar-refractivity contribution in [3.63, 3.8) is 0 Å². The summed E-state index contributed by atoms with van der Waals surface area (Å²) in [5.41, 5.74) is 3.69. The van der Waals surface area contributed by atoms with Gasteiger partial charge in [-0.3, -0.25) is 4.79 Å². The highest BCUT2D eigenvalue weighted by Crippen LogP contribution is 2.31. The maximum atomic E-state index is 12.3. The second-order valence-corrected chi connectivity index (χ2v) is 8.16. The van der Waals surface area contributed by atoms with Gasteiger partial charge in [-0.05, 0) is 38.1 Å². The highest BCUT2D eigenvalue weighted by Gasteiger charge is 2.19. The molecule has 0 radical (unpaired) electrons. The van der Waals surface area contributed by atoms with E-state index in [1.165, 1.54) is 32.4 Å². The summed E-state index contributed by atoms with van der Waals surface area (Å²) in [6.07, 6.45) is 9.42. The number of hydrogen-bond acceptors (Lipinski definition) is 6. The normalized spacial score (nSPS) is 14.8. The molecule has 4 aromatic rings. The van der Waals surface area contributed by atoms with Crippen LogP contribution >= 0.6 is 0 Å². The third-order valence-electron chi connectivity index (χ3n) is 6.22. The summed E-state index contributed by atoms with van der Waals surface area (Å²) in [5.74, 6) is 0.551. The van der Waals surface area contributed by atoms with Crippen LogP contribution in [-0.4, -0.2) is 68.7 Å². The zero-order valence-electron chi connectivity index (χ0n) is 18.5. The van der Waals surface area contributed by atoms with E-state index in [-0.39, 0.29) is 5.91 Å². The lowest BCUT2D eigenvalue weighted by atomic mass is 10.1. The summed E-state index contributed by atoms with van der Waals surface area (Å²) in [6.45, 7) is 4.24. The molecule has 1 amide bonds. The molecule has 1 aliphatic rings. The number of likely N-dealkylation sites (tertiary alicyclic amines) is 1. The van der Waals surface area contributed by atoms with Gasteiger partial charge in [-0.25, -0.2) is 9.97 Å². The molecule has 5 heterocycles. The van der Waals surface area contributed by atoms with E-state index < -0.39 is 0 Å². The fourth-order valence-corrected chi connectivity index (χ4v) is 4.50. The summed E-state index contributed by atoms with van der Waals surface area (Å²) in [6, 6.07) is 5.99. The lowest BCUT2D eigenvalue weighted by Gasteiger charge is -2.26. The molecule has 0 bridgehead atoms. The number of anilines is 1. The van der Waals surface area contributed by atoms with Crippen molar-refractivity contribution < 1.29 is 4.79 Å². The van der Waals surface area contributed by atoms with Crippen molar-refractivity contribution in [3.8, 4) is 11.3 Å². The molecule has 0 atom stereocenters. The van der Waals surface area contributed by atoms with E-state index in [2.05, 4.69) is 42.4 Å². The van der Waals surface area contributed by atoms with Crippen LogP contribution in [0.25, 0.3) is 27.9 Å². The van der Waals surface area contributed by atoms with Crippen molar-refractivity contribution in [3.05, 3.63) is 42.4 Å². The third-order valence-corrected chi connectivity index (χ3v) is 6.22. The molecule has 1 saturated heterocycles. The second kappa shape index (κ2) is 8.58. The minimum atomic E-state index is -0.211. The fourth-order valence-electron chi connectivity index (χ4n) is 4.50. The molecule has 32 heavy (non-hydrogen) atoms. The van der Waals surface area contributed by atoms with Gasteiger partial charge in [-0.2, -0.15) is 9.61 Å². The highest BCUT2D eigenvalue weighted by atomic mass is 16.1. The molecule has 2 N–H and O–H groups in total. The summed E-state index contributed by atoms with van der Waals surface area (Å²) in [7, 11) is 3.44. The zero-order valence-corrected chi connectivity index (χ0v) is 18.5. The van der Waals surface area contributed by atoms with Gasteiger partial charge in [0, 0.05) is 56.6 Å². The smallest absolute Gasteiger partial charge is 0.256 e. The SMILES string of the molecule is CNC(=O)c1cnn2c(NC)cc(-c3cn(CCN4CCCCC4)c4ncccc34)nc12. The largest absolute Gasteiger partial charge is 0.373 e. The van der Waals surface area contributed by atoms with Crippen LogP contribution in [0.4, 0.5) is 5.82 Å². The second-order valence-electron chi connectivity index (χ2n) is 8.16. The first kappa shape index (κ1) is 20.4. The lowest BCUT2D eigenvalue weighted by molar-refractivity contribution is 0.0964. The van der Waals surface area contributed by atoms with E-state index >= 15 is 0 Å². The van der Waals surface area contributed by atoms with Gasteiger partial charge in [0.1, 0.15) is 17.0 Å². The molecule has 4 aromatic heterocycles. The molecule has 166 valence electrons. The van der Waals surface area contributed by atoms with Gasteiger partial charge in [0.15, 0.2) is 5.65 Å². The molecular weight excluding hydrogens is 404 g/mol. The van der Waals surface area contributed by atoms with E-state index in [1.807, 2.05) is 25.4 Å². The molecule has 5 rings (SSSR count). The number of aromatic nitrogens is 5. The van der Waals surface area contributed by atoms with Crippen LogP contribution in [0.15, 0.2) is 36.8 Å². The molecule has 0 aliphatic carbocycles. The number of pyridine rings is 1. The summed E-state index contributed by atoms with van der Waals surface area (Å²) in [4.78, 5) is 24.4. The molecule has 9 nitrogen and oxygen atoms in total. The van der Waals surface area contributed by atoms with Crippen LogP contribution in [0.3, 0.4) is 0 Å². The van der Waals surface area contributed by atoms with E-state index in [9.17, 15) is 4.79 Å². The van der Waals surface area contributed by atoms with E-state index in [0.29, 0.717) is 11.2 Å². The van der Waals surface area contributed by atoms with Gasteiger partial charge in [0.2, 0.25) is 0 Å². The Hall–Kier alpha value is -3.46. The van der Waals surface area contributed by atoms with Crippen molar-refractivity contribution in [2.24, 2.45) is 0 Å². The monoisotopic (exact) mass is 432 g/mol.